The predicted molar refractivity (Wildman–Crippen MR) is 68.3 cm³/mol. The molecular formula is C12H17BrN2O. The Morgan fingerprint density at radius 1 is 1.56 bits per heavy atom. The molecule has 1 heterocycles. The molecule has 0 saturated heterocycles. The standard InChI is InChI=1S/C12H17BrN2O/c1-4-12(2,3)8-15-11(16)9-5-6-14-10(13)7-9/h5-7H,4,8H2,1-3H3,(H,15,16). The minimum absolute atomic E-state index is 0.0513. The lowest BCUT2D eigenvalue weighted by Crippen LogP contribution is -2.33. The van der Waals surface area contributed by atoms with Gasteiger partial charge in [0.05, 0.1) is 0 Å². The highest BCUT2D eigenvalue weighted by atomic mass is 79.9. The Balaban J connectivity index is 2.60. The monoisotopic (exact) mass is 284 g/mol. The third-order valence-corrected chi connectivity index (χ3v) is 3.11. The Kier molecular flexibility index (Phi) is 4.47. The largest absolute Gasteiger partial charge is 0.352 e. The highest BCUT2D eigenvalue weighted by Gasteiger charge is 2.16. The normalized spacial score (nSPS) is 11.2. The average molecular weight is 285 g/mol. The van der Waals surface area contributed by atoms with Crippen LogP contribution in [0.5, 0.6) is 0 Å². The lowest BCUT2D eigenvalue weighted by atomic mass is 9.90. The van der Waals surface area contributed by atoms with Gasteiger partial charge in [0.1, 0.15) is 4.60 Å². The highest BCUT2D eigenvalue weighted by molar-refractivity contribution is 9.10. The smallest absolute Gasteiger partial charge is 0.251 e. The summed E-state index contributed by atoms with van der Waals surface area (Å²) in [5.74, 6) is -0.0513. The zero-order chi connectivity index (χ0) is 12.2. The number of carbonyl (C=O) groups is 1. The van der Waals surface area contributed by atoms with E-state index in [1.54, 1.807) is 18.3 Å². The van der Waals surface area contributed by atoms with E-state index in [-0.39, 0.29) is 11.3 Å². The van der Waals surface area contributed by atoms with E-state index in [2.05, 4.69) is 47.0 Å². The van der Waals surface area contributed by atoms with E-state index in [4.69, 9.17) is 0 Å². The first-order valence-electron chi connectivity index (χ1n) is 5.34. The van der Waals surface area contributed by atoms with Gasteiger partial charge in [0, 0.05) is 18.3 Å². The van der Waals surface area contributed by atoms with Crippen molar-refractivity contribution in [2.75, 3.05) is 6.54 Å². The van der Waals surface area contributed by atoms with Gasteiger partial charge in [-0.2, -0.15) is 0 Å². The Hall–Kier alpha value is -0.900. The predicted octanol–water partition coefficient (Wildman–Crippen LogP) is 3.01. The molecule has 0 unspecified atom stereocenters. The summed E-state index contributed by atoms with van der Waals surface area (Å²) in [6, 6.07) is 3.42. The second kappa shape index (κ2) is 5.43. The summed E-state index contributed by atoms with van der Waals surface area (Å²) in [7, 11) is 0. The molecule has 0 aliphatic heterocycles. The van der Waals surface area contributed by atoms with E-state index in [1.165, 1.54) is 0 Å². The molecule has 0 saturated carbocycles. The average Bonchev–Trinajstić information content (AvgIpc) is 2.26. The van der Waals surface area contributed by atoms with Gasteiger partial charge in [0.25, 0.3) is 5.91 Å². The quantitative estimate of drug-likeness (QED) is 0.864. The van der Waals surface area contributed by atoms with Crippen LogP contribution in [0.25, 0.3) is 0 Å². The van der Waals surface area contributed by atoms with Crippen LogP contribution < -0.4 is 5.32 Å². The van der Waals surface area contributed by atoms with Crippen molar-refractivity contribution in [3.8, 4) is 0 Å². The molecule has 1 N–H and O–H groups in total. The first-order valence-corrected chi connectivity index (χ1v) is 6.14. The molecule has 88 valence electrons. The molecule has 0 bridgehead atoms. The molecule has 1 amide bonds. The lowest BCUT2D eigenvalue weighted by Gasteiger charge is -2.22. The molecule has 0 aliphatic rings. The number of hydrogen-bond donors (Lipinski definition) is 1. The zero-order valence-corrected chi connectivity index (χ0v) is 11.5. The van der Waals surface area contributed by atoms with E-state index in [9.17, 15) is 4.79 Å². The number of carbonyl (C=O) groups excluding carboxylic acids is 1. The number of hydrogen-bond acceptors (Lipinski definition) is 2. The van der Waals surface area contributed by atoms with Crippen molar-refractivity contribution in [2.24, 2.45) is 5.41 Å². The number of halogens is 1. The topological polar surface area (TPSA) is 42.0 Å². The van der Waals surface area contributed by atoms with E-state index in [0.717, 1.165) is 6.42 Å². The Morgan fingerprint density at radius 3 is 2.81 bits per heavy atom. The molecule has 1 rings (SSSR count). The molecule has 1 aromatic heterocycles. The first-order chi connectivity index (χ1) is 7.44. The van der Waals surface area contributed by atoms with Gasteiger partial charge in [0.15, 0.2) is 0 Å². The highest BCUT2D eigenvalue weighted by Crippen LogP contribution is 2.18. The Bertz CT molecular complexity index is 377. The molecule has 0 atom stereocenters. The van der Waals surface area contributed by atoms with Gasteiger partial charge < -0.3 is 5.32 Å². The van der Waals surface area contributed by atoms with Gasteiger partial charge in [-0.25, -0.2) is 4.98 Å². The summed E-state index contributed by atoms with van der Waals surface area (Å²) in [5, 5.41) is 2.93. The summed E-state index contributed by atoms with van der Waals surface area (Å²) in [4.78, 5) is 15.8. The number of amides is 1. The molecule has 1 aromatic rings. The number of nitrogens with zero attached hydrogens (tertiary/aromatic N) is 1. The molecule has 0 aliphatic carbocycles. The Morgan fingerprint density at radius 2 is 2.25 bits per heavy atom. The van der Waals surface area contributed by atoms with Gasteiger partial charge >= 0.3 is 0 Å². The third kappa shape index (κ3) is 3.93. The number of aromatic nitrogens is 1. The molecule has 0 fully saturated rings. The van der Waals surface area contributed by atoms with Crippen LogP contribution in [0.15, 0.2) is 22.9 Å². The third-order valence-electron chi connectivity index (χ3n) is 2.67. The molecule has 0 radical (unpaired) electrons. The summed E-state index contributed by atoms with van der Waals surface area (Å²) in [6.07, 6.45) is 2.65. The van der Waals surface area contributed by atoms with Gasteiger partial charge in [-0.05, 0) is 39.9 Å². The zero-order valence-electron chi connectivity index (χ0n) is 9.88. The van der Waals surface area contributed by atoms with Crippen molar-refractivity contribution in [1.82, 2.24) is 10.3 Å². The second-order valence-electron chi connectivity index (χ2n) is 4.57. The van der Waals surface area contributed by atoms with E-state index >= 15 is 0 Å². The lowest BCUT2D eigenvalue weighted by molar-refractivity contribution is 0.0935. The molecule has 0 spiro atoms. The summed E-state index contributed by atoms with van der Waals surface area (Å²) in [5.41, 5.74) is 0.772. The van der Waals surface area contributed by atoms with Crippen molar-refractivity contribution in [3.05, 3.63) is 28.5 Å². The summed E-state index contributed by atoms with van der Waals surface area (Å²) in [6.45, 7) is 7.07. The van der Waals surface area contributed by atoms with E-state index in [1.807, 2.05) is 0 Å². The van der Waals surface area contributed by atoms with Crippen molar-refractivity contribution >= 4 is 21.8 Å². The van der Waals surface area contributed by atoms with Gasteiger partial charge in [-0.1, -0.05) is 20.8 Å². The first kappa shape index (κ1) is 13.2. The SMILES string of the molecule is CCC(C)(C)CNC(=O)c1ccnc(Br)c1. The van der Waals surface area contributed by atoms with Crippen molar-refractivity contribution in [1.29, 1.82) is 0 Å². The fraction of sp³-hybridized carbons (Fsp3) is 0.500. The maximum absolute atomic E-state index is 11.8. The summed E-state index contributed by atoms with van der Waals surface area (Å²) >= 11 is 3.24. The van der Waals surface area contributed by atoms with Gasteiger partial charge in [0.2, 0.25) is 0 Å². The molecule has 0 aromatic carbocycles. The van der Waals surface area contributed by atoms with Crippen LogP contribution in [0.4, 0.5) is 0 Å². The maximum atomic E-state index is 11.8. The van der Waals surface area contributed by atoms with Crippen LogP contribution in [0.2, 0.25) is 0 Å². The minimum Gasteiger partial charge on any atom is -0.352 e. The number of nitrogens with one attached hydrogen (secondary N) is 1. The molecule has 4 heteroatoms. The van der Waals surface area contributed by atoms with E-state index in [0.29, 0.717) is 16.7 Å². The molecular weight excluding hydrogens is 268 g/mol. The summed E-state index contributed by atoms with van der Waals surface area (Å²) < 4.78 is 0.676. The minimum atomic E-state index is -0.0513. The van der Waals surface area contributed by atoms with E-state index < -0.39 is 0 Å². The van der Waals surface area contributed by atoms with Crippen LogP contribution in [0.3, 0.4) is 0 Å². The fourth-order valence-corrected chi connectivity index (χ4v) is 1.46. The van der Waals surface area contributed by atoms with Crippen molar-refractivity contribution in [3.63, 3.8) is 0 Å². The van der Waals surface area contributed by atoms with Crippen molar-refractivity contribution < 1.29 is 4.79 Å². The molecule has 3 nitrogen and oxygen atoms in total. The van der Waals surface area contributed by atoms with Crippen molar-refractivity contribution in [2.45, 2.75) is 27.2 Å². The number of pyridine rings is 1. The van der Waals surface area contributed by atoms with Gasteiger partial charge in [-0.15, -0.1) is 0 Å². The number of rotatable bonds is 4. The second-order valence-corrected chi connectivity index (χ2v) is 5.38. The van der Waals surface area contributed by atoms with Crippen LogP contribution in [0.1, 0.15) is 37.6 Å². The van der Waals surface area contributed by atoms with Crippen LogP contribution >= 0.6 is 15.9 Å². The molecule has 16 heavy (non-hydrogen) atoms. The van der Waals surface area contributed by atoms with Gasteiger partial charge in [-0.3, -0.25) is 4.79 Å². The van der Waals surface area contributed by atoms with Crippen LogP contribution in [0, 0.1) is 5.41 Å². The Labute approximate surface area is 105 Å². The van der Waals surface area contributed by atoms with Crippen LogP contribution in [-0.4, -0.2) is 17.4 Å². The maximum Gasteiger partial charge on any atom is 0.251 e. The fourth-order valence-electron chi connectivity index (χ4n) is 1.09. The van der Waals surface area contributed by atoms with Crippen LogP contribution in [-0.2, 0) is 0 Å².